The maximum Gasteiger partial charge on any atom is 0.275 e. The third-order valence-electron chi connectivity index (χ3n) is 2.88. The first-order valence-corrected chi connectivity index (χ1v) is 6.03. The minimum Gasteiger partial charge on any atom is -0.368 e. The lowest BCUT2D eigenvalue weighted by Crippen LogP contribution is -2.43. The van der Waals surface area contributed by atoms with Gasteiger partial charge in [-0.3, -0.25) is 14.7 Å². The first kappa shape index (κ1) is 13.1. The summed E-state index contributed by atoms with van der Waals surface area (Å²) in [6.07, 6.45) is 0. The normalized spacial score (nSPS) is 10.9. The van der Waals surface area contributed by atoms with Crippen LogP contribution < -0.4 is 5.73 Å². The number of H-pyrrole nitrogens is 1. The highest BCUT2D eigenvalue weighted by atomic mass is 16.2. The van der Waals surface area contributed by atoms with E-state index in [9.17, 15) is 9.59 Å². The molecular weight excluding hydrogens is 244 g/mol. The number of nitrogens with one attached hydrogen (secondary N) is 1. The molecule has 1 heterocycles. The van der Waals surface area contributed by atoms with Crippen molar-refractivity contribution in [2.45, 2.75) is 19.9 Å². The molecule has 0 saturated carbocycles. The van der Waals surface area contributed by atoms with Gasteiger partial charge in [-0.2, -0.15) is 5.10 Å². The SMILES string of the molecule is CC(C)N(CC(N)=O)C(=O)c1n[nH]c2ccccc12. The van der Waals surface area contributed by atoms with Crippen LogP contribution in [0, 0.1) is 0 Å². The quantitative estimate of drug-likeness (QED) is 0.855. The minimum absolute atomic E-state index is 0.113. The van der Waals surface area contributed by atoms with E-state index in [2.05, 4.69) is 10.2 Å². The lowest BCUT2D eigenvalue weighted by molar-refractivity contribution is -0.119. The molecule has 0 atom stereocenters. The number of para-hydroxylation sites is 1. The molecule has 0 saturated heterocycles. The molecule has 6 nitrogen and oxygen atoms in total. The largest absolute Gasteiger partial charge is 0.368 e. The fourth-order valence-corrected chi connectivity index (χ4v) is 1.92. The van der Waals surface area contributed by atoms with Crippen LogP contribution in [-0.4, -0.2) is 39.5 Å². The lowest BCUT2D eigenvalue weighted by Gasteiger charge is -2.24. The summed E-state index contributed by atoms with van der Waals surface area (Å²) >= 11 is 0. The summed E-state index contributed by atoms with van der Waals surface area (Å²) in [4.78, 5) is 24.9. The number of rotatable bonds is 4. The van der Waals surface area contributed by atoms with Gasteiger partial charge in [-0.05, 0) is 19.9 Å². The first-order valence-electron chi connectivity index (χ1n) is 6.03. The zero-order valence-electron chi connectivity index (χ0n) is 10.9. The average Bonchev–Trinajstić information content (AvgIpc) is 2.78. The fourth-order valence-electron chi connectivity index (χ4n) is 1.92. The predicted octanol–water partition coefficient (Wildman–Crippen LogP) is 0.899. The number of aromatic nitrogens is 2. The van der Waals surface area contributed by atoms with Crippen LogP contribution in [0.4, 0.5) is 0 Å². The molecule has 0 aliphatic rings. The fraction of sp³-hybridized carbons (Fsp3) is 0.308. The third-order valence-corrected chi connectivity index (χ3v) is 2.88. The molecule has 6 heteroatoms. The molecule has 0 spiro atoms. The van der Waals surface area contributed by atoms with E-state index in [-0.39, 0.29) is 18.5 Å². The van der Waals surface area contributed by atoms with Crippen LogP contribution in [0.1, 0.15) is 24.3 Å². The Hall–Kier alpha value is -2.37. The Morgan fingerprint density at radius 2 is 2.05 bits per heavy atom. The van der Waals surface area contributed by atoms with E-state index in [4.69, 9.17) is 5.73 Å². The van der Waals surface area contributed by atoms with Gasteiger partial charge in [-0.15, -0.1) is 0 Å². The second-order valence-corrected chi connectivity index (χ2v) is 4.61. The van der Waals surface area contributed by atoms with E-state index in [1.165, 1.54) is 4.90 Å². The van der Waals surface area contributed by atoms with Crippen molar-refractivity contribution in [1.82, 2.24) is 15.1 Å². The van der Waals surface area contributed by atoms with Gasteiger partial charge in [-0.25, -0.2) is 0 Å². The standard InChI is InChI=1S/C13H16N4O2/c1-8(2)17(7-11(14)18)13(19)12-9-5-3-4-6-10(9)15-16-12/h3-6,8H,7H2,1-2H3,(H2,14,18)(H,15,16). The summed E-state index contributed by atoms with van der Waals surface area (Å²) in [7, 11) is 0. The molecule has 2 aromatic rings. The molecule has 1 aromatic heterocycles. The molecule has 2 rings (SSSR count). The zero-order chi connectivity index (χ0) is 14.0. The van der Waals surface area contributed by atoms with Crippen molar-refractivity contribution in [1.29, 1.82) is 0 Å². The highest BCUT2D eigenvalue weighted by Gasteiger charge is 2.24. The minimum atomic E-state index is -0.540. The number of carbonyl (C=O) groups excluding carboxylic acids is 2. The Bertz CT molecular complexity index is 618. The highest BCUT2D eigenvalue weighted by Crippen LogP contribution is 2.17. The predicted molar refractivity (Wildman–Crippen MR) is 71.5 cm³/mol. The lowest BCUT2D eigenvalue weighted by atomic mass is 10.2. The van der Waals surface area contributed by atoms with Gasteiger partial charge in [0.15, 0.2) is 5.69 Å². The maximum absolute atomic E-state index is 12.4. The topological polar surface area (TPSA) is 92.1 Å². The number of primary amides is 1. The molecule has 0 aliphatic heterocycles. The summed E-state index contributed by atoms with van der Waals surface area (Å²) < 4.78 is 0. The molecule has 0 bridgehead atoms. The van der Waals surface area contributed by atoms with Gasteiger partial charge in [0, 0.05) is 11.4 Å². The smallest absolute Gasteiger partial charge is 0.275 e. The van der Waals surface area contributed by atoms with Gasteiger partial charge in [0.2, 0.25) is 5.91 Å². The Morgan fingerprint density at radius 1 is 1.37 bits per heavy atom. The monoisotopic (exact) mass is 260 g/mol. The Labute approximate surface area is 110 Å². The van der Waals surface area contributed by atoms with Crippen molar-refractivity contribution < 1.29 is 9.59 Å². The first-order chi connectivity index (χ1) is 9.00. The highest BCUT2D eigenvalue weighted by molar-refractivity contribution is 6.05. The Kier molecular flexibility index (Phi) is 3.50. The van der Waals surface area contributed by atoms with E-state index in [0.717, 1.165) is 10.9 Å². The number of nitrogens with two attached hydrogens (primary N) is 1. The van der Waals surface area contributed by atoms with Gasteiger partial charge < -0.3 is 10.6 Å². The molecule has 0 radical (unpaired) electrons. The van der Waals surface area contributed by atoms with Gasteiger partial charge in [0.25, 0.3) is 5.91 Å². The number of amides is 2. The van der Waals surface area contributed by atoms with Crippen LogP contribution in [0.25, 0.3) is 10.9 Å². The van der Waals surface area contributed by atoms with Crippen molar-refractivity contribution >= 4 is 22.7 Å². The Morgan fingerprint density at radius 3 is 2.68 bits per heavy atom. The third kappa shape index (κ3) is 2.57. The van der Waals surface area contributed by atoms with Gasteiger partial charge in [-0.1, -0.05) is 18.2 Å². The molecule has 3 N–H and O–H groups in total. The number of carbonyl (C=O) groups is 2. The van der Waals surface area contributed by atoms with E-state index in [0.29, 0.717) is 5.69 Å². The van der Waals surface area contributed by atoms with E-state index in [1.54, 1.807) is 0 Å². The number of benzene rings is 1. The van der Waals surface area contributed by atoms with Crippen LogP contribution in [0.15, 0.2) is 24.3 Å². The number of hydrogen-bond donors (Lipinski definition) is 2. The molecule has 100 valence electrons. The van der Waals surface area contributed by atoms with E-state index < -0.39 is 5.91 Å². The molecule has 19 heavy (non-hydrogen) atoms. The van der Waals surface area contributed by atoms with Crippen molar-refractivity contribution in [3.63, 3.8) is 0 Å². The van der Waals surface area contributed by atoms with Crippen molar-refractivity contribution in [2.24, 2.45) is 5.73 Å². The van der Waals surface area contributed by atoms with Crippen molar-refractivity contribution in [2.75, 3.05) is 6.54 Å². The molecular formula is C13H16N4O2. The molecule has 0 unspecified atom stereocenters. The van der Waals surface area contributed by atoms with Gasteiger partial charge >= 0.3 is 0 Å². The Balaban J connectivity index is 2.39. The van der Waals surface area contributed by atoms with Crippen LogP contribution in [0.2, 0.25) is 0 Å². The number of aromatic amines is 1. The number of nitrogens with zero attached hydrogens (tertiary/aromatic N) is 2. The second-order valence-electron chi connectivity index (χ2n) is 4.61. The number of fused-ring (bicyclic) bond motifs is 1. The van der Waals surface area contributed by atoms with Crippen molar-refractivity contribution in [3.05, 3.63) is 30.0 Å². The van der Waals surface area contributed by atoms with E-state index >= 15 is 0 Å². The van der Waals surface area contributed by atoms with Crippen LogP contribution in [-0.2, 0) is 4.79 Å². The maximum atomic E-state index is 12.4. The molecule has 0 aliphatic carbocycles. The van der Waals surface area contributed by atoms with Crippen LogP contribution in [0.5, 0.6) is 0 Å². The summed E-state index contributed by atoms with van der Waals surface area (Å²) in [5.41, 5.74) is 6.27. The second kappa shape index (κ2) is 5.09. The van der Waals surface area contributed by atoms with Crippen molar-refractivity contribution in [3.8, 4) is 0 Å². The molecule has 0 fully saturated rings. The average molecular weight is 260 g/mol. The summed E-state index contributed by atoms with van der Waals surface area (Å²) in [5, 5.41) is 7.58. The van der Waals surface area contributed by atoms with Crippen LogP contribution >= 0.6 is 0 Å². The molecule has 1 aromatic carbocycles. The number of hydrogen-bond acceptors (Lipinski definition) is 3. The van der Waals surface area contributed by atoms with Gasteiger partial charge in [0.1, 0.15) is 0 Å². The van der Waals surface area contributed by atoms with Crippen LogP contribution in [0.3, 0.4) is 0 Å². The summed E-state index contributed by atoms with van der Waals surface area (Å²) in [6.45, 7) is 3.54. The zero-order valence-corrected chi connectivity index (χ0v) is 10.9. The molecule has 2 amide bonds. The van der Waals surface area contributed by atoms with Gasteiger partial charge in [0.05, 0.1) is 12.1 Å². The summed E-state index contributed by atoms with van der Waals surface area (Å²) in [5.74, 6) is -0.840. The van der Waals surface area contributed by atoms with E-state index in [1.807, 2.05) is 38.1 Å². The summed E-state index contributed by atoms with van der Waals surface area (Å²) in [6, 6.07) is 7.22.